The molecule has 2 rings (SSSR count). The van der Waals surface area contributed by atoms with E-state index in [1.165, 1.54) is 18.5 Å². The van der Waals surface area contributed by atoms with Crippen LogP contribution in [0.4, 0.5) is 4.39 Å². The third-order valence-electron chi connectivity index (χ3n) is 2.93. The number of benzene rings is 1. The van der Waals surface area contributed by atoms with Crippen molar-refractivity contribution < 1.29 is 14.2 Å². The van der Waals surface area contributed by atoms with Crippen molar-refractivity contribution in [3.8, 4) is 5.75 Å². The van der Waals surface area contributed by atoms with Crippen molar-refractivity contribution in [2.45, 2.75) is 39.5 Å². The molecule has 0 aliphatic rings. The number of nitrogens with zero attached hydrogens (tertiary/aromatic N) is 3. The normalized spacial score (nSPS) is 12.7. The van der Waals surface area contributed by atoms with Gasteiger partial charge in [0.1, 0.15) is 12.9 Å². The molecule has 0 aliphatic heterocycles. The van der Waals surface area contributed by atoms with Crippen molar-refractivity contribution >= 4 is 0 Å². The van der Waals surface area contributed by atoms with Gasteiger partial charge in [0.2, 0.25) is 0 Å². The zero-order chi connectivity index (χ0) is 14.7. The minimum atomic E-state index is -0.706. The zero-order valence-corrected chi connectivity index (χ0v) is 11.7. The molecule has 108 valence electrons. The number of ether oxygens (including phenoxy) is 1. The van der Waals surface area contributed by atoms with Crippen molar-refractivity contribution in [2.24, 2.45) is 0 Å². The lowest BCUT2D eigenvalue weighted by Gasteiger charge is -2.12. The molecule has 1 unspecified atom stereocenters. The molecular formula is C14H18FN3O2. The monoisotopic (exact) mass is 279 g/mol. The second-order valence-electron chi connectivity index (χ2n) is 4.87. The summed E-state index contributed by atoms with van der Waals surface area (Å²) in [6, 6.07) is 4.58. The maximum Gasteiger partial charge on any atom is 0.165 e. The van der Waals surface area contributed by atoms with E-state index in [1.807, 2.05) is 13.8 Å². The molecule has 1 atom stereocenters. The number of halogens is 1. The van der Waals surface area contributed by atoms with E-state index in [4.69, 9.17) is 4.74 Å². The van der Waals surface area contributed by atoms with Gasteiger partial charge in [-0.2, -0.15) is 5.10 Å². The van der Waals surface area contributed by atoms with Crippen LogP contribution in [0.25, 0.3) is 0 Å². The third-order valence-corrected chi connectivity index (χ3v) is 2.93. The van der Waals surface area contributed by atoms with Gasteiger partial charge < -0.3 is 9.84 Å². The van der Waals surface area contributed by atoms with E-state index in [1.54, 1.807) is 17.7 Å². The number of rotatable bonds is 5. The van der Waals surface area contributed by atoms with Crippen LogP contribution in [0.3, 0.4) is 0 Å². The van der Waals surface area contributed by atoms with E-state index >= 15 is 0 Å². The number of hydrogen-bond donors (Lipinski definition) is 1. The molecule has 20 heavy (non-hydrogen) atoms. The summed E-state index contributed by atoms with van der Waals surface area (Å²) in [5, 5.41) is 13.5. The van der Waals surface area contributed by atoms with E-state index in [9.17, 15) is 9.50 Å². The van der Waals surface area contributed by atoms with E-state index in [0.29, 0.717) is 11.4 Å². The predicted molar refractivity (Wildman–Crippen MR) is 71.8 cm³/mol. The van der Waals surface area contributed by atoms with Crippen LogP contribution in [0.1, 0.15) is 44.3 Å². The maximum atomic E-state index is 13.8. The van der Waals surface area contributed by atoms with Gasteiger partial charge in [-0.3, -0.25) is 0 Å². The van der Waals surface area contributed by atoms with Gasteiger partial charge in [0, 0.05) is 6.04 Å². The minimum Gasteiger partial charge on any atom is -0.483 e. The average Bonchev–Trinajstić information content (AvgIpc) is 2.85. The Morgan fingerprint density at radius 1 is 1.35 bits per heavy atom. The highest BCUT2D eigenvalue weighted by atomic mass is 19.1. The van der Waals surface area contributed by atoms with Crippen LogP contribution in [0, 0.1) is 5.82 Å². The first-order chi connectivity index (χ1) is 9.49. The lowest BCUT2D eigenvalue weighted by Crippen LogP contribution is -2.11. The van der Waals surface area contributed by atoms with Gasteiger partial charge in [0.05, 0.1) is 6.10 Å². The first-order valence-corrected chi connectivity index (χ1v) is 6.47. The van der Waals surface area contributed by atoms with Crippen molar-refractivity contribution in [3.05, 3.63) is 41.7 Å². The summed E-state index contributed by atoms with van der Waals surface area (Å²) in [7, 11) is 0. The van der Waals surface area contributed by atoms with Gasteiger partial charge in [-0.15, -0.1) is 0 Å². The fourth-order valence-corrected chi connectivity index (χ4v) is 1.84. The van der Waals surface area contributed by atoms with Gasteiger partial charge in [-0.25, -0.2) is 14.1 Å². The Morgan fingerprint density at radius 3 is 2.70 bits per heavy atom. The summed E-state index contributed by atoms with van der Waals surface area (Å²) in [5.74, 6) is 0.269. The van der Waals surface area contributed by atoms with Crippen LogP contribution < -0.4 is 4.74 Å². The summed E-state index contributed by atoms with van der Waals surface area (Å²) in [5.41, 5.74) is 0.514. The minimum absolute atomic E-state index is 0.132. The van der Waals surface area contributed by atoms with E-state index in [-0.39, 0.29) is 18.4 Å². The van der Waals surface area contributed by atoms with Crippen molar-refractivity contribution in [1.29, 1.82) is 0 Å². The average molecular weight is 279 g/mol. The first kappa shape index (κ1) is 14.5. The van der Waals surface area contributed by atoms with Crippen molar-refractivity contribution in [2.75, 3.05) is 0 Å². The smallest absolute Gasteiger partial charge is 0.165 e. The largest absolute Gasteiger partial charge is 0.483 e. The van der Waals surface area contributed by atoms with Gasteiger partial charge in [-0.1, -0.05) is 6.07 Å². The molecule has 0 saturated heterocycles. The Hall–Kier alpha value is -1.95. The summed E-state index contributed by atoms with van der Waals surface area (Å²) in [4.78, 5) is 4.09. The predicted octanol–water partition coefficient (Wildman–Crippen LogP) is 2.63. The molecule has 5 nitrogen and oxygen atoms in total. The topological polar surface area (TPSA) is 60.2 Å². The fourth-order valence-electron chi connectivity index (χ4n) is 1.84. The Morgan fingerprint density at radius 2 is 2.10 bits per heavy atom. The van der Waals surface area contributed by atoms with Crippen LogP contribution >= 0.6 is 0 Å². The Labute approximate surface area is 117 Å². The molecule has 0 radical (unpaired) electrons. The lowest BCUT2D eigenvalue weighted by molar-refractivity contribution is 0.198. The molecule has 0 spiro atoms. The van der Waals surface area contributed by atoms with Crippen molar-refractivity contribution in [3.63, 3.8) is 0 Å². The van der Waals surface area contributed by atoms with Crippen LogP contribution in [-0.2, 0) is 6.61 Å². The van der Waals surface area contributed by atoms with E-state index in [2.05, 4.69) is 10.1 Å². The summed E-state index contributed by atoms with van der Waals surface area (Å²) in [6.45, 7) is 5.69. The molecule has 1 aromatic carbocycles. The van der Waals surface area contributed by atoms with Gasteiger partial charge in [0.25, 0.3) is 0 Å². The second kappa shape index (κ2) is 6.00. The molecule has 1 N–H and O–H groups in total. The Bertz CT molecular complexity index is 582. The SMILES string of the molecule is CC(O)c1ccc(OCc2ncnn2C(C)C)c(F)c1. The summed E-state index contributed by atoms with van der Waals surface area (Å²) < 4.78 is 21.0. The molecule has 1 heterocycles. The molecule has 6 heteroatoms. The highest BCUT2D eigenvalue weighted by molar-refractivity contribution is 5.30. The number of hydrogen-bond acceptors (Lipinski definition) is 4. The Kier molecular flexibility index (Phi) is 4.34. The fraction of sp³-hybridized carbons (Fsp3) is 0.429. The molecular weight excluding hydrogens is 261 g/mol. The highest BCUT2D eigenvalue weighted by Gasteiger charge is 2.11. The Balaban J connectivity index is 2.09. The molecule has 0 fully saturated rings. The molecule has 0 amide bonds. The van der Waals surface area contributed by atoms with Crippen LogP contribution in [-0.4, -0.2) is 19.9 Å². The van der Waals surface area contributed by atoms with Gasteiger partial charge in [0.15, 0.2) is 17.4 Å². The van der Waals surface area contributed by atoms with Crippen LogP contribution in [0.2, 0.25) is 0 Å². The lowest BCUT2D eigenvalue weighted by atomic mass is 10.1. The standard InChI is InChI=1S/C14H18FN3O2/c1-9(2)18-14(16-8-17-18)7-20-13-5-4-11(10(3)19)6-12(13)15/h4-6,8-10,19H,7H2,1-3H3. The van der Waals surface area contributed by atoms with E-state index in [0.717, 1.165) is 0 Å². The summed E-state index contributed by atoms with van der Waals surface area (Å²) >= 11 is 0. The van der Waals surface area contributed by atoms with Gasteiger partial charge in [-0.05, 0) is 38.5 Å². The number of aliphatic hydroxyl groups is 1. The number of aromatic nitrogens is 3. The first-order valence-electron chi connectivity index (χ1n) is 6.47. The maximum absolute atomic E-state index is 13.8. The zero-order valence-electron chi connectivity index (χ0n) is 11.7. The molecule has 0 saturated carbocycles. The van der Waals surface area contributed by atoms with Crippen molar-refractivity contribution in [1.82, 2.24) is 14.8 Å². The van der Waals surface area contributed by atoms with Crippen LogP contribution in [0.15, 0.2) is 24.5 Å². The molecule has 0 aliphatic carbocycles. The van der Waals surface area contributed by atoms with Crippen LogP contribution in [0.5, 0.6) is 5.75 Å². The second-order valence-corrected chi connectivity index (χ2v) is 4.87. The quantitative estimate of drug-likeness (QED) is 0.914. The van der Waals surface area contributed by atoms with Gasteiger partial charge >= 0.3 is 0 Å². The number of aliphatic hydroxyl groups excluding tert-OH is 1. The third kappa shape index (κ3) is 3.14. The molecule has 1 aromatic heterocycles. The molecule has 2 aromatic rings. The highest BCUT2D eigenvalue weighted by Crippen LogP contribution is 2.22. The molecule has 0 bridgehead atoms. The van der Waals surface area contributed by atoms with E-state index < -0.39 is 11.9 Å². The summed E-state index contributed by atoms with van der Waals surface area (Å²) in [6.07, 6.45) is 0.744.